The molecule has 1 aromatic heterocycles. The summed E-state index contributed by atoms with van der Waals surface area (Å²) in [5.74, 6) is -2.43. The molecule has 7 nitrogen and oxygen atoms in total. The molecular weight excluding hydrogens is 461 g/mol. The summed E-state index contributed by atoms with van der Waals surface area (Å²) in [6.07, 6.45) is -5.08. The van der Waals surface area contributed by atoms with Crippen LogP contribution < -0.4 is 4.90 Å². The van der Waals surface area contributed by atoms with Crippen molar-refractivity contribution < 1.29 is 28.2 Å². The van der Waals surface area contributed by atoms with Gasteiger partial charge < -0.3 is 15.1 Å². The molecule has 0 unspecified atom stereocenters. The molecule has 0 saturated carbocycles. The number of aromatic hydroxyl groups is 1. The van der Waals surface area contributed by atoms with Gasteiger partial charge in [-0.25, -0.2) is 4.79 Å². The number of aromatic nitrogens is 2. The van der Waals surface area contributed by atoms with E-state index in [9.17, 15) is 18.3 Å². The number of phenols is 1. The third kappa shape index (κ3) is 7.74. The standard InChI is InChI=1S/C23H28N4O.C2HF3O2/c1-18-15-19(2)27(24-18)17-21-5-3-20(4-6-21)16-25-11-13-26(14-12-25)22-7-9-23(28)10-8-22;3-2(4,5)1(6)7/h3-10,15,28H,11-14,16-17H2,1-2H3;(H,6,7). The van der Waals surface area contributed by atoms with Crippen LogP contribution in [0.2, 0.25) is 0 Å². The fraction of sp³-hybridized carbons (Fsp3) is 0.360. The highest BCUT2D eigenvalue weighted by Crippen LogP contribution is 2.20. The van der Waals surface area contributed by atoms with Gasteiger partial charge in [-0.1, -0.05) is 24.3 Å². The molecule has 1 aliphatic rings. The molecule has 1 fully saturated rings. The molecule has 4 rings (SSSR count). The summed E-state index contributed by atoms with van der Waals surface area (Å²) in [6, 6.07) is 18.5. The van der Waals surface area contributed by atoms with E-state index in [1.165, 1.54) is 22.5 Å². The van der Waals surface area contributed by atoms with Gasteiger partial charge in [0, 0.05) is 44.1 Å². The van der Waals surface area contributed by atoms with Gasteiger partial charge in [0.2, 0.25) is 0 Å². The Labute approximate surface area is 202 Å². The Morgan fingerprint density at radius 1 is 0.914 bits per heavy atom. The van der Waals surface area contributed by atoms with Gasteiger partial charge in [0.05, 0.1) is 12.2 Å². The van der Waals surface area contributed by atoms with Gasteiger partial charge in [-0.2, -0.15) is 18.3 Å². The van der Waals surface area contributed by atoms with Crippen molar-refractivity contribution in [2.75, 3.05) is 31.1 Å². The topological polar surface area (TPSA) is 81.8 Å². The lowest BCUT2D eigenvalue weighted by Crippen LogP contribution is -2.45. The molecule has 0 atom stereocenters. The maximum absolute atomic E-state index is 10.6. The molecule has 0 amide bonds. The van der Waals surface area contributed by atoms with Crippen LogP contribution in [0.1, 0.15) is 22.5 Å². The average Bonchev–Trinajstić information content (AvgIpc) is 3.12. The molecule has 1 aliphatic heterocycles. The van der Waals surface area contributed by atoms with E-state index in [2.05, 4.69) is 56.8 Å². The van der Waals surface area contributed by atoms with Gasteiger partial charge in [0.15, 0.2) is 0 Å². The van der Waals surface area contributed by atoms with E-state index < -0.39 is 12.1 Å². The largest absolute Gasteiger partial charge is 0.508 e. The zero-order chi connectivity index (χ0) is 25.6. The number of hydrogen-bond donors (Lipinski definition) is 2. The number of rotatable bonds is 5. The second-order valence-electron chi connectivity index (χ2n) is 8.48. The van der Waals surface area contributed by atoms with Crippen LogP contribution >= 0.6 is 0 Å². The number of aliphatic carboxylic acids is 1. The van der Waals surface area contributed by atoms with Crippen LogP contribution in [0.4, 0.5) is 18.9 Å². The number of hydrogen-bond acceptors (Lipinski definition) is 5. The molecule has 2 N–H and O–H groups in total. The van der Waals surface area contributed by atoms with Crippen LogP contribution in [0.15, 0.2) is 54.6 Å². The van der Waals surface area contributed by atoms with Crippen LogP contribution in [0.3, 0.4) is 0 Å². The van der Waals surface area contributed by atoms with E-state index in [1.54, 1.807) is 12.1 Å². The number of carboxylic acids is 1. The van der Waals surface area contributed by atoms with Gasteiger partial charge in [0.1, 0.15) is 5.75 Å². The fourth-order valence-corrected chi connectivity index (χ4v) is 3.84. The molecule has 3 aromatic rings. The lowest BCUT2D eigenvalue weighted by molar-refractivity contribution is -0.192. The summed E-state index contributed by atoms with van der Waals surface area (Å²) < 4.78 is 33.8. The Morgan fingerprint density at radius 2 is 1.43 bits per heavy atom. The normalized spacial score (nSPS) is 14.4. The summed E-state index contributed by atoms with van der Waals surface area (Å²) in [5, 5.41) is 21.1. The number of nitrogens with zero attached hydrogens (tertiary/aromatic N) is 4. The minimum absolute atomic E-state index is 0.323. The second kappa shape index (κ2) is 11.3. The quantitative estimate of drug-likeness (QED) is 0.558. The van der Waals surface area contributed by atoms with Gasteiger partial charge in [-0.3, -0.25) is 9.58 Å². The van der Waals surface area contributed by atoms with Crippen molar-refractivity contribution in [3.63, 3.8) is 0 Å². The third-order valence-corrected chi connectivity index (χ3v) is 5.69. The number of carboxylic acid groups (broad SMARTS) is 1. The highest BCUT2D eigenvalue weighted by Gasteiger charge is 2.38. The van der Waals surface area contributed by atoms with Gasteiger partial charge in [-0.15, -0.1) is 0 Å². The summed E-state index contributed by atoms with van der Waals surface area (Å²) in [5.41, 5.74) is 6.10. The highest BCUT2D eigenvalue weighted by atomic mass is 19.4. The monoisotopic (exact) mass is 490 g/mol. The molecule has 0 aliphatic carbocycles. The number of carbonyl (C=O) groups is 1. The molecule has 2 heterocycles. The van der Waals surface area contributed by atoms with Crippen LogP contribution in [0, 0.1) is 13.8 Å². The Balaban J connectivity index is 0.000000429. The first-order valence-electron chi connectivity index (χ1n) is 11.2. The van der Waals surface area contributed by atoms with Crippen molar-refractivity contribution in [1.29, 1.82) is 0 Å². The lowest BCUT2D eigenvalue weighted by Gasteiger charge is -2.36. The number of halogens is 3. The predicted octanol–water partition coefficient (Wildman–Crippen LogP) is 4.21. The van der Waals surface area contributed by atoms with E-state index in [-0.39, 0.29) is 0 Å². The minimum atomic E-state index is -5.08. The van der Waals surface area contributed by atoms with Crippen molar-refractivity contribution in [1.82, 2.24) is 14.7 Å². The molecular formula is C25H29F3N4O3. The number of phenolic OH excluding ortho intramolecular Hbond substituents is 1. The molecule has 188 valence electrons. The molecule has 35 heavy (non-hydrogen) atoms. The van der Waals surface area contributed by atoms with E-state index in [0.29, 0.717) is 5.75 Å². The fourth-order valence-electron chi connectivity index (χ4n) is 3.84. The number of aryl methyl sites for hydroxylation is 2. The van der Waals surface area contributed by atoms with Crippen molar-refractivity contribution in [2.24, 2.45) is 0 Å². The van der Waals surface area contributed by atoms with E-state index in [1.807, 2.05) is 19.1 Å². The first-order chi connectivity index (χ1) is 16.5. The lowest BCUT2D eigenvalue weighted by atomic mass is 10.1. The van der Waals surface area contributed by atoms with Crippen molar-refractivity contribution in [3.8, 4) is 5.75 Å². The van der Waals surface area contributed by atoms with Crippen LogP contribution in [0.25, 0.3) is 0 Å². The van der Waals surface area contributed by atoms with Crippen LogP contribution in [-0.2, 0) is 17.9 Å². The summed E-state index contributed by atoms with van der Waals surface area (Å²) in [6.45, 7) is 10.1. The predicted molar refractivity (Wildman–Crippen MR) is 127 cm³/mol. The molecule has 0 spiro atoms. The molecule has 2 aromatic carbocycles. The molecule has 0 radical (unpaired) electrons. The summed E-state index contributed by atoms with van der Waals surface area (Å²) >= 11 is 0. The number of anilines is 1. The molecule has 1 saturated heterocycles. The minimum Gasteiger partial charge on any atom is -0.508 e. The zero-order valence-electron chi connectivity index (χ0n) is 19.7. The Bertz CT molecular complexity index is 1100. The maximum Gasteiger partial charge on any atom is 0.490 e. The first-order valence-corrected chi connectivity index (χ1v) is 11.2. The van der Waals surface area contributed by atoms with Crippen LogP contribution in [0.5, 0.6) is 5.75 Å². The summed E-state index contributed by atoms with van der Waals surface area (Å²) in [7, 11) is 0. The van der Waals surface area contributed by atoms with Gasteiger partial charge >= 0.3 is 12.1 Å². The maximum atomic E-state index is 10.6. The number of piperazine rings is 1. The van der Waals surface area contributed by atoms with Gasteiger partial charge in [-0.05, 0) is 55.3 Å². The third-order valence-electron chi connectivity index (χ3n) is 5.69. The Kier molecular flexibility index (Phi) is 8.39. The Morgan fingerprint density at radius 3 is 1.89 bits per heavy atom. The Hall–Kier alpha value is -3.53. The van der Waals surface area contributed by atoms with Crippen molar-refractivity contribution in [3.05, 3.63) is 77.1 Å². The SMILES string of the molecule is Cc1cc(C)n(Cc2ccc(CN3CCN(c4ccc(O)cc4)CC3)cc2)n1.O=C(O)C(F)(F)F. The number of benzene rings is 2. The smallest absolute Gasteiger partial charge is 0.490 e. The molecule has 0 bridgehead atoms. The van der Waals surface area contributed by atoms with Crippen LogP contribution in [-0.4, -0.2) is 63.2 Å². The van der Waals surface area contributed by atoms with E-state index in [0.717, 1.165) is 45.0 Å². The zero-order valence-corrected chi connectivity index (χ0v) is 19.7. The van der Waals surface area contributed by atoms with Gasteiger partial charge in [0.25, 0.3) is 0 Å². The number of alkyl halides is 3. The second-order valence-corrected chi connectivity index (χ2v) is 8.48. The highest BCUT2D eigenvalue weighted by molar-refractivity contribution is 5.73. The average molecular weight is 491 g/mol. The summed E-state index contributed by atoms with van der Waals surface area (Å²) in [4.78, 5) is 13.8. The first kappa shape index (κ1) is 26.1. The van der Waals surface area contributed by atoms with E-state index in [4.69, 9.17) is 9.90 Å². The van der Waals surface area contributed by atoms with Crippen molar-refractivity contribution in [2.45, 2.75) is 33.1 Å². The van der Waals surface area contributed by atoms with Crippen molar-refractivity contribution >= 4 is 11.7 Å². The van der Waals surface area contributed by atoms with E-state index >= 15 is 0 Å². The molecule has 10 heteroatoms.